The monoisotopic (exact) mass is 390 g/mol. The first-order chi connectivity index (χ1) is 13.8. The maximum atomic E-state index is 5.70. The number of hydrogen-bond acceptors (Lipinski definition) is 5. The van der Waals surface area contributed by atoms with Crippen LogP contribution in [0.1, 0.15) is 12.5 Å². The minimum atomic E-state index is 0.396. The second-order valence-corrected chi connectivity index (χ2v) is 6.28. The Hall–Kier alpha value is -3.52. The molecule has 140 valence electrons. The third kappa shape index (κ3) is 3.63. The van der Waals surface area contributed by atoms with Gasteiger partial charge in [0.15, 0.2) is 5.82 Å². The fraction of sp³-hybridized carbons (Fsp3) is 0.100. The topological polar surface area (TPSA) is 73.0 Å². The van der Waals surface area contributed by atoms with Crippen molar-refractivity contribution in [1.29, 1.82) is 0 Å². The number of para-hydroxylation sites is 2. The molecular formula is C20H18N6OS. The first kappa shape index (κ1) is 17.9. The van der Waals surface area contributed by atoms with Crippen LogP contribution in [0.4, 0.5) is 0 Å². The molecule has 0 bridgehead atoms. The minimum Gasteiger partial charge on any atom is -0.493 e. The van der Waals surface area contributed by atoms with E-state index >= 15 is 0 Å². The molecule has 8 heteroatoms. The van der Waals surface area contributed by atoms with Gasteiger partial charge in [-0.25, -0.2) is 9.78 Å². The van der Waals surface area contributed by atoms with Gasteiger partial charge in [0.05, 0.1) is 30.3 Å². The standard InChI is InChI=1S/C20H18N6OS/c1-2-27-18-11-7-6-10-17(18)19-23-24-20(28)26(19)22-13-15-12-21-25(14-15)16-8-4-3-5-9-16/h3-14H,2H2,1H3,(H,24,28)/b22-13-. The Kier molecular flexibility index (Phi) is 5.11. The van der Waals surface area contributed by atoms with Gasteiger partial charge in [-0.1, -0.05) is 30.3 Å². The number of rotatable bonds is 6. The molecule has 0 amide bonds. The Bertz CT molecular complexity index is 1160. The maximum Gasteiger partial charge on any atom is 0.216 e. The van der Waals surface area contributed by atoms with E-state index < -0.39 is 0 Å². The number of nitrogens with zero attached hydrogens (tertiary/aromatic N) is 5. The molecule has 0 aliphatic heterocycles. The van der Waals surface area contributed by atoms with Crippen LogP contribution in [0.25, 0.3) is 17.1 Å². The summed E-state index contributed by atoms with van der Waals surface area (Å²) in [5, 5.41) is 16.0. The van der Waals surface area contributed by atoms with Crippen LogP contribution in [0.3, 0.4) is 0 Å². The number of aromatic amines is 1. The van der Waals surface area contributed by atoms with Crippen molar-refractivity contribution in [1.82, 2.24) is 24.7 Å². The molecule has 4 rings (SSSR count). The largest absolute Gasteiger partial charge is 0.493 e. The smallest absolute Gasteiger partial charge is 0.216 e. The van der Waals surface area contributed by atoms with Crippen molar-refractivity contribution in [2.45, 2.75) is 6.92 Å². The summed E-state index contributed by atoms with van der Waals surface area (Å²) in [7, 11) is 0. The molecule has 28 heavy (non-hydrogen) atoms. The summed E-state index contributed by atoms with van der Waals surface area (Å²) in [6.45, 7) is 2.50. The molecular weight excluding hydrogens is 372 g/mol. The average Bonchev–Trinajstić information content (AvgIpc) is 3.35. The molecule has 0 saturated heterocycles. The van der Waals surface area contributed by atoms with Crippen LogP contribution in [0, 0.1) is 4.77 Å². The van der Waals surface area contributed by atoms with E-state index in [1.54, 1.807) is 21.8 Å². The zero-order chi connectivity index (χ0) is 19.3. The summed E-state index contributed by atoms with van der Waals surface area (Å²) in [4.78, 5) is 0. The molecule has 0 saturated carbocycles. The summed E-state index contributed by atoms with van der Waals surface area (Å²) in [5.41, 5.74) is 2.64. The van der Waals surface area contributed by atoms with Crippen LogP contribution in [-0.2, 0) is 0 Å². The van der Waals surface area contributed by atoms with Crippen molar-refractivity contribution < 1.29 is 4.74 Å². The molecule has 0 aliphatic rings. The van der Waals surface area contributed by atoms with Crippen molar-refractivity contribution in [3.63, 3.8) is 0 Å². The van der Waals surface area contributed by atoms with E-state index in [1.165, 1.54) is 0 Å². The highest BCUT2D eigenvalue weighted by Crippen LogP contribution is 2.28. The molecule has 0 fully saturated rings. The fourth-order valence-corrected chi connectivity index (χ4v) is 2.93. The van der Waals surface area contributed by atoms with E-state index in [9.17, 15) is 0 Å². The highest BCUT2D eigenvalue weighted by molar-refractivity contribution is 7.71. The Morgan fingerprint density at radius 2 is 1.93 bits per heavy atom. The average molecular weight is 390 g/mol. The highest BCUT2D eigenvalue weighted by atomic mass is 32.1. The van der Waals surface area contributed by atoms with E-state index in [0.717, 1.165) is 22.6 Å². The SMILES string of the molecule is CCOc1ccccc1-c1n[nH]c(=S)n1/N=C\c1cnn(-c2ccccc2)c1. The zero-order valence-electron chi connectivity index (χ0n) is 15.2. The van der Waals surface area contributed by atoms with Gasteiger partial charge in [0.25, 0.3) is 0 Å². The first-order valence-corrected chi connectivity index (χ1v) is 9.21. The van der Waals surface area contributed by atoms with Crippen LogP contribution in [-0.4, -0.2) is 37.5 Å². The van der Waals surface area contributed by atoms with Crippen molar-refractivity contribution in [3.8, 4) is 22.8 Å². The second-order valence-electron chi connectivity index (χ2n) is 5.89. The van der Waals surface area contributed by atoms with Gasteiger partial charge < -0.3 is 4.74 Å². The van der Waals surface area contributed by atoms with E-state index in [2.05, 4.69) is 20.4 Å². The zero-order valence-corrected chi connectivity index (χ0v) is 16.0. The third-order valence-corrected chi connectivity index (χ3v) is 4.29. The minimum absolute atomic E-state index is 0.396. The maximum absolute atomic E-state index is 5.70. The number of ether oxygens (including phenoxy) is 1. The molecule has 0 spiro atoms. The summed E-state index contributed by atoms with van der Waals surface area (Å²) in [6, 6.07) is 17.6. The highest BCUT2D eigenvalue weighted by Gasteiger charge is 2.13. The Morgan fingerprint density at radius 3 is 2.75 bits per heavy atom. The molecule has 7 nitrogen and oxygen atoms in total. The lowest BCUT2D eigenvalue weighted by molar-refractivity contribution is 0.341. The molecule has 0 aliphatic carbocycles. The first-order valence-electron chi connectivity index (χ1n) is 8.80. The van der Waals surface area contributed by atoms with Gasteiger partial charge in [0, 0.05) is 11.8 Å². The van der Waals surface area contributed by atoms with Gasteiger partial charge in [-0.05, 0) is 43.4 Å². The Labute approximate surface area is 166 Å². The summed E-state index contributed by atoms with van der Waals surface area (Å²) in [5.74, 6) is 1.31. The summed E-state index contributed by atoms with van der Waals surface area (Å²) >= 11 is 5.35. The molecule has 2 aromatic heterocycles. The third-order valence-electron chi connectivity index (χ3n) is 4.02. The molecule has 2 heterocycles. The van der Waals surface area contributed by atoms with E-state index in [4.69, 9.17) is 17.0 Å². The van der Waals surface area contributed by atoms with Crippen LogP contribution in [0.5, 0.6) is 5.75 Å². The van der Waals surface area contributed by atoms with Crippen LogP contribution >= 0.6 is 12.2 Å². The van der Waals surface area contributed by atoms with Gasteiger partial charge >= 0.3 is 0 Å². The van der Waals surface area contributed by atoms with Gasteiger partial charge in [0.1, 0.15) is 5.75 Å². The molecule has 4 aromatic rings. The Morgan fingerprint density at radius 1 is 1.14 bits per heavy atom. The molecule has 0 atom stereocenters. The number of nitrogens with one attached hydrogen (secondary N) is 1. The quantitative estimate of drug-likeness (QED) is 0.398. The lowest BCUT2D eigenvalue weighted by atomic mass is 10.2. The second kappa shape index (κ2) is 8.01. The fourth-order valence-electron chi connectivity index (χ4n) is 2.76. The predicted octanol–water partition coefficient (Wildman–Crippen LogP) is 4.07. The predicted molar refractivity (Wildman–Crippen MR) is 111 cm³/mol. The van der Waals surface area contributed by atoms with E-state index in [1.807, 2.05) is 67.7 Å². The van der Waals surface area contributed by atoms with E-state index in [-0.39, 0.29) is 0 Å². The van der Waals surface area contributed by atoms with Crippen molar-refractivity contribution in [3.05, 3.63) is 77.3 Å². The Balaban J connectivity index is 1.66. The van der Waals surface area contributed by atoms with E-state index in [0.29, 0.717) is 17.2 Å². The van der Waals surface area contributed by atoms with Gasteiger partial charge in [-0.3, -0.25) is 0 Å². The van der Waals surface area contributed by atoms with Gasteiger partial charge in [-0.2, -0.15) is 20.0 Å². The lowest BCUT2D eigenvalue weighted by Crippen LogP contribution is -1.99. The molecule has 1 N–H and O–H groups in total. The van der Waals surface area contributed by atoms with Gasteiger partial charge in [-0.15, -0.1) is 0 Å². The van der Waals surface area contributed by atoms with Crippen LogP contribution < -0.4 is 4.74 Å². The van der Waals surface area contributed by atoms with Crippen molar-refractivity contribution in [2.75, 3.05) is 6.61 Å². The number of aromatic nitrogens is 5. The molecule has 0 radical (unpaired) electrons. The van der Waals surface area contributed by atoms with Crippen molar-refractivity contribution >= 4 is 18.4 Å². The van der Waals surface area contributed by atoms with Crippen molar-refractivity contribution in [2.24, 2.45) is 5.10 Å². The molecule has 2 aromatic carbocycles. The summed E-state index contributed by atoms with van der Waals surface area (Å²) in [6.07, 6.45) is 5.34. The normalized spacial score (nSPS) is 11.2. The lowest BCUT2D eigenvalue weighted by Gasteiger charge is -2.08. The van der Waals surface area contributed by atoms with Crippen LogP contribution in [0.15, 0.2) is 72.1 Å². The summed E-state index contributed by atoms with van der Waals surface area (Å²) < 4.78 is 9.47. The number of benzene rings is 2. The number of H-pyrrole nitrogens is 1. The van der Waals surface area contributed by atoms with Crippen LogP contribution in [0.2, 0.25) is 0 Å². The van der Waals surface area contributed by atoms with Gasteiger partial charge in [0.2, 0.25) is 4.77 Å². The molecule has 0 unspecified atom stereocenters. The number of hydrogen-bond donors (Lipinski definition) is 1.